The van der Waals surface area contributed by atoms with Crippen LogP contribution in [0.3, 0.4) is 0 Å². The molecule has 2 heterocycles. The van der Waals surface area contributed by atoms with E-state index in [-0.39, 0.29) is 18.4 Å². The van der Waals surface area contributed by atoms with Crippen molar-refractivity contribution in [1.82, 2.24) is 5.32 Å². The van der Waals surface area contributed by atoms with Crippen molar-refractivity contribution in [3.05, 3.63) is 18.2 Å². The van der Waals surface area contributed by atoms with E-state index in [1.54, 1.807) is 37.3 Å². The number of anilines is 2. The molecule has 1 saturated heterocycles. The number of likely N-dealkylation sites (N-methyl/N-ethyl adjacent to an activating group) is 1. The van der Waals surface area contributed by atoms with E-state index in [0.717, 1.165) is 25.9 Å². The van der Waals surface area contributed by atoms with Crippen LogP contribution in [0.25, 0.3) is 0 Å². The minimum absolute atomic E-state index is 0.0408. The van der Waals surface area contributed by atoms with Crippen LogP contribution in [0.4, 0.5) is 11.4 Å². The summed E-state index contributed by atoms with van der Waals surface area (Å²) in [7, 11) is 3.32. The van der Waals surface area contributed by atoms with Gasteiger partial charge in [0.25, 0.3) is 5.91 Å². The zero-order chi connectivity index (χ0) is 17.2. The zero-order valence-corrected chi connectivity index (χ0v) is 14.1. The summed E-state index contributed by atoms with van der Waals surface area (Å²) in [6, 6.07) is 5.34. The third-order valence-corrected chi connectivity index (χ3v) is 4.77. The van der Waals surface area contributed by atoms with Crippen LogP contribution in [-0.2, 0) is 14.3 Å². The summed E-state index contributed by atoms with van der Waals surface area (Å²) in [5.74, 6) is 0.486. The number of fused-ring (bicyclic) bond motifs is 1. The fourth-order valence-corrected chi connectivity index (χ4v) is 3.23. The van der Waals surface area contributed by atoms with Crippen molar-refractivity contribution in [3.63, 3.8) is 0 Å². The topological polar surface area (TPSA) is 79.9 Å². The summed E-state index contributed by atoms with van der Waals surface area (Å²) in [6.07, 6.45) is 1.47. The number of hydrogen-bond acceptors (Lipinski definition) is 5. The number of hydrogen-bond donors (Lipinski definition) is 2. The van der Waals surface area contributed by atoms with Gasteiger partial charge in [0.1, 0.15) is 5.75 Å². The maximum atomic E-state index is 12.9. The summed E-state index contributed by atoms with van der Waals surface area (Å²) in [6.45, 7) is 2.03. The SMILES string of the molecule is COCC1(C(=O)Nc2ccc3c(c2)N(C)C(=O)CO3)CCNCC1. The molecule has 3 rings (SSSR count). The van der Waals surface area contributed by atoms with E-state index in [0.29, 0.717) is 23.7 Å². The highest BCUT2D eigenvalue weighted by molar-refractivity contribution is 6.00. The van der Waals surface area contributed by atoms with Crippen molar-refractivity contribution in [1.29, 1.82) is 0 Å². The quantitative estimate of drug-likeness (QED) is 0.859. The van der Waals surface area contributed by atoms with E-state index < -0.39 is 5.41 Å². The number of carbonyl (C=O) groups is 2. The molecule has 0 aromatic heterocycles. The van der Waals surface area contributed by atoms with Crippen molar-refractivity contribution in [2.45, 2.75) is 12.8 Å². The third-order valence-electron chi connectivity index (χ3n) is 4.77. The Balaban J connectivity index is 1.80. The van der Waals surface area contributed by atoms with Crippen LogP contribution in [0.1, 0.15) is 12.8 Å². The number of rotatable bonds is 4. The summed E-state index contributed by atoms with van der Waals surface area (Å²) < 4.78 is 10.7. The lowest BCUT2D eigenvalue weighted by molar-refractivity contribution is -0.130. The Morgan fingerprint density at radius 1 is 1.42 bits per heavy atom. The van der Waals surface area contributed by atoms with E-state index in [9.17, 15) is 9.59 Å². The normalized spacial score (nSPS) is 19.4. The second-order valence-corrected chi connectivity index (χ2v) is 6.34. The molecule has 1 aromatic carbocycles. The summed E-state index contributed by atoms with van der Waals surface area (Å²) >= 11 is 0. The van der Waals surface area contributed by atoms with Crippen LogP contribution in [0, 0.1) is 5.41 Å². The molecule has 0 atom stereocenters. The van der Waals surface area contributed by atoms with Gasteiger partial charge in [0.15, 0.2) is 6.61 Å². The molecule has 0 bridgehead atoms. The number of piperidine rings is 1. The van der Waals surface area contributed by atoms with Crippen LogP contribution < -0.4 is 20.3 Å². The summed E-state index contributed by atoms with van der Waals surface area (Å²) in [5.41, 5.74) is 0.793. The molecule has 0 unspecified atom stereocenters. The molecule has 1 fully saturated rings. The van der Waals surface area contributed by atoms with Gasteiger partial charge < -0.3 is 25.0 Å². The van der Waals surface area contributed by atoms with Crippen LogP contribution in [0.5, 0.6) is 5.75 Å². The maximum absolute atomic E-state index is 12.9. The molecule has 0 radical (unpaired) electrons. The summed E-state index contributed by atoms with van der Waals surface area (Å²) in [5, 5.41) is 6.25. The van der Waals surface area contributed by atoms with Crippen LogP contribution in [-0.4, -0.2) is 52.3 Å². The molecule has 130 valence electrons. The molecule has 2 N–H and O–H groups in total. The van der Waals surface area contributed by atoms with Gasteiger partial charge in [-0.15, -0.1) is 0 Å². The van der Waals surface area contributed by atoms with Gasteiger partial charge in [-0.05, 0) is 44.1 Å². The first-order chi connectivity index (χ1) is 11.6. The second kappa shape index (κ2) is 6.78. The lowest BCUT2D eigenvalue weighted by Crippen LogP contribution is -2.47. The number of carbonyl (C=O) groups excluding carboxylic acids is 2. The van der Waals surface area contributed by atoms with Gasteiger partial charge in [-0.3, -0.25) is 9.59 Å². The first-order valence-electron chi connectivity index (χ1n) is 8.10. The number of methoxy groups -OCH3 is 1. The number of benzene rings is 1. The number of amides is 2. The van der Waals surface area contributed by atoms with Gasteiger partial charge >= 0.3 is 0 Å². The van der Waals surface area contributed by atoms with Crippen LogP contribution >= 0.6 is 0 Å². The van der Waals surface area contributed by atoms with E-state index in [1.807, 2.05) is 0 Å². The summed E-state index contributed by atoms with van der Waals surface area (Å²) in [4.78, 5) is 26.2. The molecule has 2 aliphatic heterocycles. The van der Waals surface area contributed by atoms with Crippen molar-refractivity contribution >= 4 is 23.2 Å². The highest BCUT2D eigenvalue weighted by atomic mass is 16.5. The molecule has 0 saturated carbocycles. The number of ether oxygens (including phenoxy) is 2. The van der Waals surface area contributed by atoms with E-state index in [4.69, 9.17) is 9.47 Å². The fourth-order valence-electron chi connectivity index (χ4n) is 3.23. The highest BCUT2D eigenvalue weighted by Crippen LogP contribution is 2.35. The molecular formula is C17H23N3O4. The largest absolute Gasteiger partial charge is 0.482 e. The monoisotopic (exact) mass is 333 g/mol. The minimum Gasteiger partial charge on any atom is -0.482 e. The molecule has 7 nitrogen and oxygen atoms in total. The van der Waals surface area contributed by atoms with E-state index in [1.165, 1.54) is 0 Å². The Bertz CT molecular complexity index is 635. The van der Waals surface area contributed by atoms with E-state index in [2.05, 4.69) is 10.6 Å². The lowest BCUT2D eigenvalue weighted by atomic mass is 9.78. The minimum atomic E-state index is -0.520. The highest BCUT2D eigenvalue weighted by Gasteiger charge is 2.39. The predicted molar refractivity (Wildman–Crippen MR) is 90.4 cm³/mol. The van der Waals surface area contributed by atoms with Crippen molar-refractivity contribution < 1.29 is 19.1 Å². The molecule has 1 aromatic rings. The van der Waals surface area contributed by atoms with Crippen molar-refractivity contribution in [2.24, 2.45) is 5.41 Å². The first kappa shape index (κ1) is 16.7. The van der Waals surface area contributed by atoms with Gasteiger partial charge in [0, 0.05) is 19.8 Å². The Kier molecular flexibility index (Phi) is 4.73. The molecule has 0 spiro atoms. The maximum Gasteiger partial charge on any atom is 0.264 e. The third kappa shape index (κ3) is 3.09. The van der Waals surface area contributed by atoms with Gasteiger partial charge in [0.2, 0.25) is 5.91 Å². The van der Waals surface area contributed by atoms with E-state index >= 15 is 0 Å². The van der Waals surface area contributed by atoms with Gasteiger partial charge in [-0.1, -0.05) is 0 Å². The standard InChI is InChI=1S/C17H23N3O4/c1-20-13-9-12(3-4-14(13)24-10-15(20)21)19-16(22)17(11-23-2)5-7-18-8-6-17/h3-4,9,18H,5-8,10-11H2,1-2H3,(H,19,22). The Morgan fingerprint density at radius 2 is 2.17 bits per heavy atom. The zero-order valence-electron chi connectivity index (χ0n) is 14.1. The molecule has 2 amide bonds. The molecule has 24 heavy (non-hydrogen) atoms. The molecule has 7 heteroatoms. The van der Waals surface area contributed by atoms with Crippen LogP contribution in [0.2, 0.25) is 0 Å². The van der Waals surface area contributed by atoms with Crippen LogP contribution in [0.15, 0.2) is 18.2 Å². The Hall–Kier alpha value is -2.12. The van der Waals surface area contributed by atoms with Crippen molar-refractivity contribution in [2.75, 3.05) is 50.7 Å². The number of nitrogens with one attached hydrogen (secondary N) is 2. The predicted octanol–water partition coefficient (Wildman–Crippen LogP) is 0.996. The van der Waals surface area contributed by atoms with Crippen molar-refractivity contribution in [3.8, 4) is 5.75 Å². The smallest absolute Gasteiger partial charge is 0.264 e. The lowest BCUT2D eigenvalue weighted by Gasteiger charge is -2.35. The average molecular weight is 333 g/mol. The molecule has 2 aliphatic rings. The van der Waals surface area contributed by atoms with Gasteiger partial charge in [0.05, 0.1) is 17.7 Å². The fraction of sp³-hybridized carbons (Fsp3) is 0.529. The average Bonchev–Trinajstić information content (AvgIpc) is 2.59. The Morgan fingerprint density at radius 3 is 2.88 bits per heavy atom. The Labute approximate surface area is 141 Å². The van der Waals surface area contributed by atoms with Gasteiger partial charge in [-0.25, -0.2) is 0 Å². The molecule has 0 aliphatic carbocycles. The molecular weight excluding hydrogens is 310 g/mol. The second-order valence-electron chi connectivity index (χ2n) is 6.34. The van der Waals surface area contributed by atoms with Gasteiger partial charge in [-0.2, -0.15) is 0 Å². The number of nitrogens with zero attached hydrogens (tertiary/aromatic N) is 1. The first-order valence-corrected chi connectivity index (χ1v) is 8.10.